The summed E-state index contributed by atoms with van der Waals surface area (Å²) in [7, 11) is 0. The number of rotatable bonds is 6. The molecule has 0 amide bonds. The molecule has 2 aromatic heterocycles. The van der Waals surface area contributed by atoms with Gasteiger partial charge in [0.05, 0.1) is 16.5 Å². The summed E-state index contributed by atoms with van der Waals surface area (Å²) in [5.74, 6) is 1.59. The summed E-state index contributed by atoms with van der Waals surface area (Å²) < 4.78 is 37.3. The molecule has 0 radical (unpaired) electrons. The van der Waals surface area contributed by atoms with E-state index in [1.807, 2.05) is 132 Å². The Morgan fingerprint density at radius 1 is 0.367 bits per heavy atom. The number of fused-ring (bicyclic) bond motifs is 3. The van der Waals surface area contributed by atoms with E-state index in [0.29, 0.717) is 34.1 Å². The van der Waals surface area contributed by atoms with Crippen LogP contribution in [0.25, 0.3) is 83.9 Å². The summed E-state index contributed by atoms with van der Waals surface area (Å²) in [6, 6.07) is 51.3. The second-order valence-corrected chi connectivity index (χ2v) is 11.8. The first-order chi connectivity index (χ1) is 25.9. The zero-order valence-electron chi connectivity index (χ0n) is 30.3. The Bertz CT molecular complexity index is 2760. The summed E-state index contributed by atoms with van der Waals surface area (Å²) in [5.41, 5.74) is 8.53. The van der Waals surface area contributed by atoms with Crippen LogP contribution in [-0.4, -0.2) is 19.5 Å². The standard InChI is InChI=1S/C45H30N4/c1-4-14-31(15-5-1)34-20-12-21-35(28-34)36-26-27-42-40(30-36)39-24-10-11-25-41(39)49(42)38-23-13-22-37(29-38)45-47-43(32-16-6-2-7-17-32)46-44(48-45)33-18-8-3-9-19-33/h1-30H/i10D,11D,24D,25D. The number of nitrogens with zero attached hydrogens (tertiary/aromatic N) is 4. The van der Waals surface area contributed by atoms with Crippen molar-refractivity contribution in [3.05, 3.63) is 182 Å². The van der Waals surface area contributed by atoms with Gasteiger partial charge in [0.25, 0.3) is 0 Å². The van der Waals surface area contributed by atoms with Crippen molar-refractivity contribution in [2.24, 2.45) is 0 Å². The van der Waals surface area contributed by atoms with Gasteiger partial charge in [-0.3, -0.25) is 0 Å². The average Bonchev–Trinajstić information content (AvgIpc) is 3.58. The molecule has 0 aliphatic rings. The molecular weight excluding hydrogens is 597 g/mol. The topological polar surface area (TPSA) is 43.6 Å². The van der Waals surface area contributed by atoms with Gasteiger partial charge in [0.15, 0.2) is 17.5 Å². The highest BCUT2D eigenvalue weighted by molar-refractivity contribution is 6.10. The van der Waals surface area contributed by atoms with Crippen LogP contribution in [0.1, 0.15) is 5.48 Å². The van der Waals surface area contributed by atoms with Crippen LogP contribution in [0.3, 0.4) is 0 Å². The van der Waals surface area contributed by atoms with E-state index in [-0.39, 0.29) is 24.2 Å². The third kappa shape index (κ3) is 5.35. The van der Waals surface area contributed by atoms with Crippen LogP contribution in [-0.2, 0) is 0 Å². The molecule has 0 spiro atoms. The second kappa shape index (κ2) is 12.2. The molecular formula is C45H30N4. The van der Waals surface area contributed by atoms with Crippen molar-refractivity contribution in [1.29, 1.82) is 0 Å². The molecule has 0 saturated carbocycles. The molecule has 230 valence electrons. The van der Waals surface area contributed by atoms with Crippen molar-refractivity contribution in [2.45, 2.75) is 0 Å². The Balaban J connectivity index is 1.24. The Morgan fingerprint density at radius 2 is 0.878 bits per heavy atom. The lowest BCUT2D eigenvalue weighted by molar-refractivity contribution is 1.07. The van der Waals surface area contributed by atoms with Gasteiger partial charge in [-0.15, -0.1) is 0 Å². The monoisotopic (exact) mass is 630 g/mol. The Labute approximate surface area is 290 Å². The van der Waals surface area contributed by atoms with Gasteiger partial charge in [-0.1, -0.05) is 146 Å². The van der Waals surface area contributed by atoms with Crippen LogP contribution >= 0.6 is 0 Å². The molecule has 7 aromatic carbocycles. The van der Waals surface area contributed by atoms with Gasteiger partial charge in [-0.25, -0.2) is 15.0 Å². The quantitative estimate of drug-likeness (QED) is 0.184. The highest BCUT2D eigenvalue weighted by Gasteiger charge is 2.16. The lowest BCUT2D eigenvalue weighted by atomic mass is 9.98. The molecule has 4 heteroatoms. The van der Waals surface area contributed by atoms with E-state index < -0.39 is 0 Å². The molecule has 2 heterocycles. The van der Waals surface area contributed by atoms with Gasteiger partial charge in [-0.2, -0.15) is 0 Å². The van der Waals surface area contributed by atoms with Gasteiger partial charge in [-0.05, 0) is 58.6 Å². The van der Waals surface area contributed by atoms with Crippen LogP contribution in [0.2, 0.25) is 0 Å². The highest BCUT2D eigenvalue weighted by Crippen LogP contribution is 2.36. The van der Waals surface area contributed by atoms with Crippen LogP contribution in [0.5, 0.6) is 0 Å². The van der Waals surface area contributed by atoms with Gasteiger partial charge in [0, 0.05) is 33.2 Å². The zero-order valence-corrected chi connectivity index (χ0v) is 26.3. The maximum atomic E-state index is 9.11. The Hall–Kier alpha value is -6.65. The zero-order chi connectivity index (χ0) is 36.1. The third-order valence-electron chi connectivity index (χ3n) is 8.76. The number of benzene rings is 7. The molecule has 0 unspecified atom stereocenters. The van der Waals surface area contributed by atoms with E-state index >= 15 is 0 Å². The van der Waals surface area contributed by atoms with Crippen molar-refractivity contribution < 1.29 is 5.48 Å². The SMILES string of the molecule is [2H]c1c([2H])c([2H])c2c(c1[2H])c1cc(-c3cccc(-c4ccccc4)c3)ccc1n2-c1cccc(-c2nc(-c3ccccc3)nc(-c3ccccc3)n2)c1. The predicted octanol–water partition coefficient (Wildman–Crippen LogP) is 11.3. The van der Waals surface area contributed by atoms with E-state index in [1.165, 1.54) is 0 Å². The first-order valence-electron chi connectivity index (χ1n) is 18.1. The van der Waals surface area contributed by atoms with Gasteiger partial charge in [0.2, 0.25) is 0 Å². The summed E-state index contributed by atoms with van der Waals surface area (Å²) in [6.07, 6.45) is 0. The minimum atomic E-state index is -0.282. The molecule has 0 aliphatic carbocycles. The number of aromatic nitrogens is 4. The number of para-hydroxylation sites is 1. The van der Waals surface area contributed by atoms with Crippen LogP contribution in [0, 0.1) is 0 Å². The van der Waals surface area contributed by atoms with E-state index in [1.54, 1.807) is 0 Å². The molecule has 0 fully saturated rings. The van der Waals surface area contributed by atoms with E-state index in [0.717, 1.165) is 49.8 Å². The largest absolute Gasteiger partial charge is 0.309 e. The first kappa shape index (κ1) is 24.5. The highest BCUT2D eigenvalue weighted by atomic mass is 15.0. The summed E-state index contributed by atoms with van der Waals surface area (Å²) in [5, 5.41) is 1.20. The predicted molar refractivity (Wildman–Crippen MR) is 201 cm³/mol. The van der Waals surface area contributed by atoms with Crippen molar-refractivity contribution >= 4 is 21.8 Å². The second-order valence-electron chi connectivity index (χ2n) is 11.8. The molecule has 9 rings (SSSR count). The van der Waals surface area contributed by atoms with Crippen molar-refractivity contribution in [1.82, 2.24) is 19.5 Å². The summed E-state index contributed by atoms with van der Waals surface area (Å²) in [6.45, 7) is 0. The lowest BCUT2D eigenvalue weighted by Gasteiger charge is -2.12. The summed E-state index contributed by atoms with van der Waals surface area (Å²) in [4.78, 5) is 14.7. The number of hydrogen-bond acceptors (Lipinski definition) is 3. The lowest BCUT2D eigenvalue weighted by Crippen LogP contribution is -2.01. The summed E-state index contributed by atoms with van der Waals surface area (Å²) >= 11 is 0. The fourth-order valence-electron chi connectivity index (χ4n) is 6.40. The minimum Gasteiger partial charge on any atom is -0.309 e. The Kier molecular flexibility index (Phi) is 6.09. The van der Waals surface area contributed by atoms with E-state index in [9.17, 15) is 0 Å². The molecule has 0 aliphatic heterocycles. The number of hydrogen-bond donors (Lipinski definition) is 0. The van der Waals surface area contributed by atoms with E-state index in [2.05, 4.69) is 30.3 Å². The maximum absolute atomic E-state index is 9.11. The van der Waals surface area contributed by atoms with Crippen molar-refractivity contribution in [3.8, 4) is 62.1 Å². The molecule has 0 saturated heterocycles. The average molecular weight is 631 g/mol. The van der Waals surface area contributed by atoms with Gasteiger partial charge in [0.1, 0.15) is 0 Å². The molecule has 9 aromatic rings. The molecule has 0 atom stereocenters. The molecule has 4 nitrogen and oxygen atoms in total. The third-order valence-corrected chi connectivity index (χ3v) is 8.76. The van der Waals surface area contributed by atoms with E-state index in [4.69, 9.17) is 20.4 Å². The molecule has 49 heavy (non-hydrogen) atoms. The van der Waals surface area contributed by atoms with Crippen molar-refractivity contribution in [2.75, 3.05) is 0 Å². The molecule has 0 bridgehead atoms. The van der Waals surface area contributed by atoms with Crippen LogP contribution in [0.4, 0.5) is 0 Å². The normalized spacial score (nSPS) is 12.4. The van der Waals surface area contributed by atoms with Crippen molar-refractivity contribution in [3.63, 3.8) is 0 Å². The van der Waals surface area contributed by atoms with Crippen LogP contribution in [0.15, 0.2) is 182 Å². The maximum Gasteiger partial charge on any atom is 0.164 e. The fraction of sp³-hybridized carbons (Fsp3) is 0. The van der Waals surface area contributed by atoms with Crippen LogP contribution < -0.4 is 0 Å². The first-order valence-corrected chi connectivity index (χ1v) is 16.1. The van der Waals surface area contributed by atoms with Gasteiger partial charge < -0.3 is 4.57 Å². The smallest absolute Gasteiger partial charge is 0.164 e. The van der Waals surface area contributed by atoms with Gasteiger partial charge >= 0.3 is 0 Å². The Morgan fingerprint density at radius 3 is 1.55 bits per heavy atom. The minimum absolute atomic E-state index is 0.0754. The fourth-order valence-corrected chi connectivity index (χ4v) is 6.40. The molecule has 0 N–H and O–H groups in total.